The van der Waals surface area contributed by atoms with Gasteiger partial charge in [0.2, 0.25) is 11.8 Å². The Bertz CT molecular complexity index is 1250. The lowest BCUT2D eigenvalue weighted by atomic mass is 9.98. The SMILES string of the molecule is O=C(CC(NCc1ccccn1)C(=O)N1CCC(N2CCCCC2)CC1)N1CCC(N2Cc3ccccc3NC2=O)CC1. The van der Waals surface area contributed by atoms with Crippen molar-refractivity contribution in [2.24, 2.45) is 0 Å². The molecule has 5 heterocycles. The quantitative estimate of drug-likeness (QED) is 0.491. The third-order valence-corrected chi connectivity index (χ3v) is 9.73. The van der Waals surface area contributed by atoms with E-state index in [-0.39, 0.29) is 30.3 Å². The minimum absolute atomic E-state index is 0.0121. The first-order chi connectivity index (χ1) is 21.0. The number of piperidine rings is 3. The van der Waals surface area contributed by atoms with Crippen LogP contribution in [0.25, 0.3) is 0 Å². The second-order valence-electron chi connectivity index (χ2n) is 12.4. The number of benzene rings is 1. The summed E-state index contributed by atoms with van der Waals surface area (Å²) in [6.07, 6.45) is 9.19. The second kappa shape index (κ2) is 13.9. The highest BCUT2D eigenvalue weighted by atomic mass is 16.2. The molecule has 2 N–H and O–H groups in total. The summed E-state index contributed by atoms with van der Waals surface area (Å²) < 4.78 is 0. The fourth-order valence-electron chi connectivity index (χ4n) is 7.18. The summed E-state index contributed by atoms with van der Waals surface area (Å²) in [6, 6.07) is 13.6. The zero-order valence-electron chi connectivity index (χ0n) is 25.1. The normalized spacial score (nSPS) is 21.3. The molecule has 10 heteroatoms. The number of para-hydroxylation sites is 1. The maximum Gasteiger partial charge on any atom is 0.322 e. The summed E-state index contributed by atoms with van der Waals surface area (Å²) in [5, 5.41) is 6.39. The van der Waals surface area contributed by atoms with E-state index >= 15 is 0 Å². The molecule has 3 fully saturated rings. The van der Waals surface area contributed by atoms with E-state index < -0.39 is 6.04 Å². The summed E-state index contributed by atoms with van der Waals surface area (Å²) in [5.41, 5.74) is 2.83. The number of aromatic nitrogens is 1. The van der Waals surface area contributed by atoms with E-state index in [1.54, 1.807) is 6.20 Å². The number of likely N-dealkylation sites (tertiary alicyclic amines) is 3. The lowest BCUT2D eigenvalue weighted by Crippen LogP contribution is -2.54. The van der Waals surface area contributed by atoms with Crippen molar-refractivity contribution in [2.75, 3.05) is 44.6 Å². The number of carbonyl (C=O) groups is 3. The van der Waals surface area contributed by atoms with Crippen LogP contribution in [0.4, 0.5) is 10.5 Å². The van der Waals surface area contributed by atoms with E-state index in [1.165, 1.54) is 32.4 Å². The molecule has 1 atom stereocenters. The van der Waals surface area contributed by atoms with Gasteiger partial charge in [0.05, 0.1) is 18.2 Å². The Balaban J connectivity index is 1.04. The smallest absolute Gasteiger partial charge is 0.322 e. The van der Waals surface area contributed by atoms with Gasteiger partial charge in [0.25, 0.3) is 0 Å². The molecular formula is C33H45N7O3. The van der Waals surface area contributed by atoms with Gasteiger partial charge in [0, 0.05) is 63.2 Å². The van der Waals surface area contributed by atoms with Crippen LogP contribution in [0, 0.1) is 0 Å². The number of amides is 4. The summed E-state index contributed by atoms with van der Waals surface area (Å²) in [6.45, 7) is 6.01. The molecule has 0 bridgehead atoms. The molecule has 4 aliphatic rings. The maximum absolute atomic E-state index is 13.8. The highest BCUT2D eigenvalue weighted by molar-refractivity contribution is 5.92. The largest absolute Gasteiger partial charge is 0.342 e. The predicted molar refractivity (Wildman–Crippen MR) is 165 cm³/mol. The Labute approximate surface area is 254 Å². The van der Waals surface area contributed by atoms with Crippen molar-refractivity contribution in [3.05, 3.63) is 59.9 Å². The van der Waals surface area contributed by atoms with Crippen molar-refractivity contribution < 1.29 is 14.4 Å². The summed E-state index contributed by atoms with van der Waals surface area (Å²) in [5.74, 6) is 0.00174. The fourth-order valence-corrected chi connectivity index (χ4v) is 7.18. The molecule has 2 aromatic rings. The lowest BCUT2D eigenvalue weighted by molar-refractivity contribution is -0.141. The average molecular weight is 588 g/mol. The highest BCUT2D eigenvalue weighted by Gasteiger charge is 2.35. The van der Waals surface area contributed by atoms with Gasteiger partial charge in [-0.1, -0.05) is 30.7 Å². The Morgan fingerprint density at radius 3 is 2.30 bits per heavy atom. The van der Waals surface area contributed by atoms with Gasteiger partial charge in [-0.05, 0) is 75.4 Å². The van der Waals surface area contributed by atoms with E-state index in [9.17, 15) is 14.4 Å². The number of urea groups is 1. The molecule has 1 aromatic heterocycles. The van der Waals surface area contributed by atoms with Crippen LogP contribution < -0.4 is 10.6 Å². The predicted octanol–water partition coefficient (Wildman–Crippen LogP) is 3.45. The minimum Gasteiger partial charge on any atom is -0.342 e. The van der Waals surface area contributed by atoms with Crippen LogP contribution in [0.2, 0.25) is 0 Å². The number of nitrogens with zero attached hydrogens (tertiary/aromatic N) is 5. The zero-order chi connectivity index (χ0) is 29.6. The van der Waals surface area contributed by atoms with E-state index in [4.69, 9.17) is 0 Å². The number of fused-ring (bicyclic) bond motifs is 1. The standard InChI is InChI=1S/C33H45N7O3/c41-31(38-18-13-28(14-19-38)40-24-25-8-2-3-10-29(25)36-33(40)43)22-30(35-23-26-9-4-5-15-34-26)32(42)39-20-11-27(12-21-39)37-16-6-1-7-17-37/h2-5,8-10,15,27-28,30,35H,1,6-7,11-14,16-24H2,(H,36,43). The van der Waals surface area contributed by atoms with E-state index in [1.807, 2.05) is 57.2 Å². The maximum atomic E-state index is 13.8. The van der Waals surface area contributed by atoms with Crippen molar-refractivity contribution in [1.82, 2.24) is 29.9 Å². The van der Waals surface area contributed by atoms with Gasteiger partial charge < -0.3 is 24.9 Å². The van der Waals surface area contributed by atoms with E-state index in [0.717, 1.165) is 55.7 Å². The summed E-state index contributed by atoms with van der Waals surface area (Å²) in [4.78, 5) is 53.0. The van der Waals surface area contributed by atoms with Crippen LogP contribution in [0.1, 0.15) is 62.6 Å². The molecule has 43 heavy (non-hydrogen) atoms. The monoisotopic (exact) mass is 587 g/mol. The van der Waals surface area contributed by atoms with Crippen molar-refractivity contribution >= 4 is 23.5 Å². The van der Waals surface area contributed by atoms with Crippen LogP contribution in [0.3, 0.4) is 0 Å². The van der Waals surface area contributed by atoms with Gasteiger partial charge >= 0.3 is 6.03 Å². The molecule has 230 valence electrons. The number of pyridine rings is 1. The third-order valence-electron chi connectivity index (χ3n) is 9.73. The summed E-state index contributed by atoms with van der Waals surface area (Å²) >= 11 is 0. The van der Waals surface area contributed by atoms with Crippen molar-refractivity contribution in [3.63, 3.8) is 0 Å². The molecule has 1 aromatic carbocycles. The Kier molecular flexibility index (Phi) is 9.53. The molecule has 0 radical (unpaired) electrons. The number of rotatable bonds is 8. The van der Waals surface area contributed by atoms with Crippen LogP contribution in [0.5, 0.6) is 0 Å². The molecule has 10 nitrogen and oxygen atoms in total. The van der Waals surface area contributed by atoms with Gasteiger partial charge in [-0.15, -0.1) is 0 Å². The molecule has 4 aliphatic heterocycles. The van der Waals surface area contributed by atoms with Gasteiger partial charge in [-0.2, -0.15) is 0 Å². The van der Waals surface area contributed by atoms with Crippen molar-refractivity contribution in [3.8, 4) is 0 Å². The Morgan fingerprint density at radius 2 is 1.56 bits per heavy atom. The average Bonchev–Trinajstić information content (AvgIpc) is 3.07. The first-order valence-electron chi connectivity index (χ1n) is 16.1. The van der Waals surface area contributed by atoms with Crippen molar-refractivity contribution in [2.45, 2.75) is 82.6 Å². The van der Waals surface area contributed by atoms with Gasteiger partial charge in [0.1, 0.15) is 0 Å². The van der Waals surface area contributed by atoms with E-state index in [2.05, 4.69) is 20.5 Å². The number of anilines is 1. The molecule has 4 amide bonds. The molecule has 3 saturated heterocycles. The number of hydrogen-bond donors (Lipinski definition) is 2. The Hall–Kier alpha value is -3.50. The van der Waals surface area contributed by atoms with Crippen LogP contribution in [-0.4, -0.2) is 99.8 Å². The number of nitrogens with one attached hydrogen (secondary N) is 2. The van der Waals surface area contributed by atoms with Gasteiger partial charge in [0.15, 0.2) is 0 Å². The molecule has 6 rings (SSSR count). The lowest BCUT2D eigenvalue weighted by Gasteiger charge is -2.41. The minimum atomic E-state index is -0.594. The fraction of sp³-hybridized carbons (Fsp3) is 0.576. The topological polar surface area (TPSA) is 101 Å². The highest BCUT2D eigenvalue weighted by Crippen LogP contribution is 2.28. The second-order valence-corrected chi connectivity index (χ2v) is 12.4. The molecule has 0 saturated carbocycles. The van der Waals surface area contributed by atoms with Crippen molar-refractivity contribution in [1.29, 1.82) is 0 Å². The Morgan fingerprint density at radius 1 is 0.860 bits per heavy atom. The van der Waals surface area contributed by atoms with Crippen LogP contribution in [0.15, 0.2) is 48.7 Å². The molecule has 0 spiro atoms. The third kappa shape index (κ3) is 7.18. The molecule has 0 aliphatic carbocycles. The van der Waals surface area contributed by atoms with Crippen LogP contribution in [-0.2, 0) is 22.7 Å². The zero-order valence-corrected chi connectivity index (χ0v) is 25.1. The van der Waals surface area contributed by atoms with Crippen LogP contribution >= 0.6 is 0 Å². The molecular weight excluding hydrogens is 542 g/mol. The van der Waals surface area contributed by atoms with E-state index in [0.29, 0.717) is 32.2 Å². The first kappa shape index (κ1) is 29.6. The van der Waals surface area contributed by atoms with Gasteiger partial charge in [-0.25, -0.2) is 4.79 Å². The first-order valence-corrected chi connectivity index (χ1v) is 16.1. The summed E-state index contributed by atoms with van der Waals surface area (Å²) in [7, 11) is 0. The molecule has 1 unspecified atom stereocenters. The van der Waals surface area contributed by atoms with Gasteiger partial charge in [-0.3, -0.25) is 19.9 Å². The number of carbonyl (C=O) groups excluding carboxylic acids is 3. The number of hydrogen-bond acceptors (Lipinski definition) is 6.